The van der Waals surface area contributed by atoms with E-state index in [1.165, 1.54) is 0 Å². The first-order valence-electron chi connectivity index (χ1n) is 6.48. The summed E-state index contributed by atoms with van der Waals surface area (Å²) < 4.78 is 1.88. The standard InChI is InChI=1S/C14H18Cl2N4/c1-3-9-7-10(20(2)19-9)8-13(18-17)11-5-4-6-12(15)14(11)16/h4-7,13,18H,3,8,17H2,1-2H3. The van der Waals surface area contributed by atoms with Crippen LogP contribution in [0, 0.1) is 0 Å². The van der Waals surface area contributed by atoms with Crippen LogP contribution in [-0.4, -0.2) is 9.78 Å². The van der Waals surface area contributed by atoms with Gasteiger partial charge in [0, 0.05) is 19.2 Å². The van der Waals surface area contributed by atoms with Crippen LogP contribution in [0.1, 0.15) is 29.9 Å². The summed E-state index contributed by atoms with van der Waals surface area (Å²) in [5.74, 6) is 5.68. The average molecular weight is 313 g/mol. The number of nitrogens with one attached hydrogen (secondary N) is 1. The van der Waals surface area contributed by atoms with E-state index in [4.69, 9.17) is 29.0 Å². The van der Waals surface area contributed by atoms with Gasteiger partial charge in [-0.05, 0) is 24.1 Å². The molecule has 1 heterocycles. The summed E-state index contributed by atoms with van der Waals surface area (Å²) in [5.41, 5.74) is 5.86. The molecule has 0 aliphatic heterocycles. The van der Waals surface area contributed by atoms with Gasteiger partial charge in [-0.3, -0.25) is 16.0 Å². The van der Waals surface area contributed by atoms with Crippen LogP contribution in [0.2, 0.25) is 10.0 Å². The number of rotatable bonds is 5. The summed E-state index contributed by atoms with van der Waals surface area (Å²) >= 11 is 12.3. The normalized spacial score (nSPS) is 12.7. The zero-order valence-corrected chi connectivity index (χ0v) is 13.0. The first-order valence-corrected chi connectivity index (χ1v) is 7.24. The molecule has 1 unspecified atom stereocenters. The lowest BCUT2D eigenvalue weighted by molar-refractivity contribution is 0.530. The highest BCUT2D eigenvalue weighted by atomic mass is 35.5. The number of hydrogen-bond donors (Lipinski definition) is 2. The molecule has 3 N–H and O–H groups in total. The van der Waals surface area contributed by atoms with Crippen molar-refractivity contribution in [2.45, 2.75) is 25.8 Å². The minimum atomic E-state index is -0.110. The number of nitrogens with two attached hydrogens (primary N) is 1. The summed E-state index contributed by atoms with van der Waals surface area (Å²) in [5, 5.41) is 5.51. The minimum Gasteiger partial charge on any atom is -0.272 e. The molecule has 20 heavy (non-hydrogen) atoms. The highest BCUT2D eigenvalue weighted by Gasteiger charge is 2.17. The fourth-order valence-corrected chi connectivity index (χ4v) is 2.63. The van der Waals surface area contributed by atoms with E-state index in [9.17, 15) is 0 Å². The molecule has 0 amide bonds. The maximum absolute atomic E-state index is 6.26. The van der Waals surface area contributed by atoms with Crippen molar-refractivity contribution < 1.29 is 0 Å². The van der Waals surface area contributed by atoms with E-state index >= 15 is 0 Å². The third-order valence-corrected chi connectivity index (χ3v) is 4.19. The molecule has 1 aromatic heterocycles. The minimum absolute atomic E-state index is 0.110. The molecule has 0 saturated heterocycles. The molecular weight excluding hydrogens is 295 g/mol. The third-order valence-electron chi connectivity index (χ3n) is 3.36. The molecule has 2 rings (SSSR count). The molecule has 0 radical (unpaired) electrons. The SMILES string of the molecule is CCc1cc(CC(NN)c2cccc(Cl)c2Cl)n(C)n1. The van der Waals surface area contributed by atoms with Crippen molar-refractivity contribution in [2.75, 3.05) is 0 Å². The molecule has 0 spiro atoms. The predicted octanol–water partition coefficient (Wildman–Crippen LogP) is 3.04. The van der Waals surface area contributed by atoms with E-state index in [2.05, 4.69) is 23.5 Å². The topological polar surface area (TPSA) is 55.9 Å². The van der Waals surface area contributed by atoms with Gasteiger partial charge < -0.3 is 0 Å². The zero-order chi connectivity index (χ0) is 14.7. The van der Waals surface area contributed by atoms with Gasteiger partial charge in [-0.25, -0.2) is 0 Å². The summed E-state index contributed by atoms with van der Waals surface area (Å²) in [7, 11) is 1.93. The summed E-state index contributed by atoms with van der Waals surface area (Å²) in [6.45, 7) is 2.08. The summed E-state index contributed by atoms with van der Waals surface area (Å²) in [6.07, 6.45) is 1.60. The fourth-order valence-electron chi connectivity index (χ4n) is 2.19. The van der Waals surface area contributed by atoms with Crippen LogP contribution in [0.3, 0.4) is 0 Å². The second-order valence-corrected chi connectivity index (χ2v) is 5.46. The highest BCUT2D eigenvalue weighted by molar-refractivity contribution is 6.42. The van der Waals surface area contributed by atoms with E-state index in [-0.39, 0.29) is 6.04 Å². The molecule has 108 valence electrons. The average Bonchev–Trinajstić information content (AvgIpc) is 2.80. The highest BCUT2D eigenvalue weighted by Crippen LogP contribution is 2.31. The van der Waals surface area contributed by atoms with Gasteiger partial charge in [0.15, 0.2) is 0 Å². The van der Waals surface area contributed by atoms with Crippen LogP contribution >= 0.6 is 23.2 Å². The van der Waals surface area contributed by atoms with Crippen molar-refractivity contribution in [3.8, 4) is 0 Å². The number of aryl methyl sites for hydroxylation is 2. The van der Waals surface area contributed by atoms with E-state index in [1.807, 2.05) is 23.9 Å². The Labute approximate surface area is 128 Å². The van der Waals surface area contributed by atoms with E-state index in [0.717, 1.165) is 23.4 Å². The predicted molar refractivity (Wildman–Crippen MR) is 82.8 cm³/mol. The monoisotopic (exact) mass is 312 g/mol. The largest absolute Gasteiger partial charge is 0.272 e. The molecule has 0 saturated carbocycles. The Hall–Kier alpha value is -1.07. The molecule has 0 fully saturated rings. The van der Waals surface area contributed by atoms with Crippen LogP contribution in [0.5, 0.6) is 0 Å². The van der Waals surface area contributed by atoms with Gasteiger partial charge in [0.05, 0.1) is 21.8 Å². The second kappa shape index (κ2) is 6.59. The van der Waals surface area contributed by atoms with E-state index < -0.39 is 0 Å². The van der Waals surface area contributed by atoms with Crippen LogP contribution in [0.15, 0.2) is 24.3 Å². The van der Waals surface area contributed by atoms with Gasteiger partial charge in [0.2, 0.25) is 0 Å². The van der Waals surface area contributed by atoms with Gasteiger partial charge in [-0.2, -0.15) is 5.10 Å². The van der Waals surface area contributed by atoms with Crippen molar-refractivity contribution in [1.82, 2.24) is 15.2 Å². The molecule has 0 aliphatic rings. The third kappa shape index (κ3) is 3.15. The fraction of sp³-hybridized carbons (Fsp3) is 0.357. The molecule has 1 aromatic carbocycles. The lowest BCUT2D eigenvalue weighted by atomic mass is 10.0. The first kappa shape index (κ1) is 15.3. The molecule has 2 aromatic rings. The van der Waals surface area contributed by atoms with Gasteiger partial charge in [-0.15, -0.1) is 0 Å². The smallest absolute Gasteiger partial charge is 0.0640 e. The number of hydrazine groups is 1. The van der Waals surface area contributed by atoms with Gasteiger partial charge >= 0.3 is 0 Å². The molecule has 6 heteroatoms. The quantitative estimate of drug-likeness (QED) is 0.659. The molecular formula is C14H18Cl2N4. The molecule has 4 nitrogen and oxygen atoms in total. The zero-order valence-electron chi connectivity index (χ0n) is 11.5. The molecule has 1 atom stereocenters. The first-order chi connectivity index (χ1) is 9.56. The Balaban J connectivity index is 2.28. The Morgan fingerprint density at radius 2 is 2.15 bits per heavy atom. The number of benzene rings is 1. The van der Waals surface area contributed by atoms with Gasteiger partial charge in [0.25, 0.3) is 0 Å². The number of halogens is 2. The van der Waals surface area contributed by atoms with Crippen LogP contribution in [0.25, 0.3) is 0 Å². The van der Waals surface area contributed by atoms with Crippen molar-refractivity contribution in [3.63, 3.8) is 0 Å². The number of hydrogen-bond acceptors (Lipinski definition) is 3. The second-order valence-electron chi connectivity index (χ2n) is 4.67. The lowest BCUT2D eigenvalue weighted by Gasteiger charge is -2.18. The molecule has 0 bridgehead atoms. The number of nitrogens with zero attached hydrogens (tertiary/aromatic N) is 2. The summed E-state index contributed by atoms with van der Waals surface area (Å²) in [4.78, 5) is 0. The van der Waals surface area contributed by atoms with Gasteiger partial charge in [-0.1, -0.05) is 42.3 Å². The maximum atomic E-state index is 6.26. The van der Waals surface area contributed by atoms with Crippen molar-refractivity contribution in [3.05, 3.63) is 51.3 Å². The molecule has 0 aliphatic carbocycles. The Morgan fingerprint density at radius 1 is 1.40 bits per heavy atom. The van der Waals surface area contributed by atoms with E-state index in [0.29, 0.717) is 16.5 Å². The maximum Gasteiger partial charge on any atom is 0.0640 e. The van der Waals surface area contributed by atoms with Crippen LogP contribution < -0.4 is 11.3 Å². The Morgan fingerprint density at radius 3 is 2.75 bits per heavy atom. The Bertz CT molecular complexity index is 595. The van der Waals surface area contributed by atoms with Gasteiger partial charge in [0.1, 0.15) is 0 Å². The lowest BCUT2D eigenvalue weighted by Crippen LogP contribution is -2.30. The van der Waals surface area contributed by atoms with E-state index in [1.54, 1.807) is 6.07 Å². The summed E-state index contributed by atoms with van der Waals surface area (Å²) in [6, 6.07) is 7.54. The van der Waals surface area contributed by atoms with Crippen LogP contribution in [0.4, 0.5) is 0 Å². The van der Waals surface area contributed by atoms with Crippen molar-refractivity contribution >= 4 is 23.2 Å². The van der Waals surface area contributed by atoms with Crippen molar-refractivity contribution in [1.29, 1.82) is 0 Å². The Kier molecular flexibility index (Phi) is 5.05. The van der Waals surface area contributed by atoms with Crippen LogP contribution in [-0.2, 0) is 19.9 Å². The number of aromatic nitrogens is 2. The van der Waals surface area contributed by atoms with Crippen molar-refractivity contribution in [2.24, 2.45) is 12.9 Å².